The minimum atomic E-state index is 1.00. The van der Waals surface area contributed by atoms with Gasteiger partial charge in [-0.2, -0.15) is 0 Å². The summed E-state index contributed by atoms with van der Waals surface area (Å²) >= 11 is 10.8. The number of hydrogen-bond donors (Lipinski definition) is 0. The van der Waals surface area contributed by atoms with Gasteiger partial charge in [0.15, 0.2) is 0 Å². The molecule has 2 rings (SSSR count). The Morgan fingerprint density at radius 1 is 0.688 bits per heavy atom. The van der Waals surface area contributed by atoms with Crippen LogP contribution in [0.1, 0.15) is 25.7 Å². The molecule has 0 saturated carbocycles. The molecule has 2 heterocycles. The zero-order valence-corrected chi connectivity index (χ0v) is 12.5. The van der Waals surface area contributed by atoms with Crippen molar-refractivity contribution in [2.24, 2.45) is 0 Å². The van der Waals surface area contributed by atoms with E-state index in [1.54, 1.807) is 21.6 Å². The van der Waals surface area contributed by atoms with Crippen molar-refractivity contribution in [1.29, 1.82) is 0 Å². The Hall–Kier alpha value is 0.480. The first kappa shape index (κ1) is 12.9. The molecule has 0 bridgehead atoms. The van der Waals surface area contributed by atoms with E-state index in [0.717, 1.165) is 34.8 Å². The quantitative estimate of drug-likeness (QED) is 0.496. The summed E-state index contributed by atoms with van der Waals surface area (Å²) in [6, 6.07) is 0. The highest BCUT2D eigenvalue weighted by molar-refractivity contribution is 8.89. The molecular formula is C10H16N2S4. The normalized spacial score (nSPS) is 20.5. The minimum absolute atomic E-state index is 1.00. The van der Waals surface area contributed by atoms with Gasteiger partial charge in [0, 0.05) is 26.2 Å². The summed E-state index contributed by atoms with van der Waals surface area (Å²) in [5.74, 6) is 0. The van der Waals surface area contributed by atoms with Crippen LogP contribution in [0.3, 0.4) is 0 Å². The number of nitrogens with zero attached hydrogens (tertiary/aromatic N) is 2. The van der Waals surface area contributed by atoms with Gasteiger partial charge >= 0.3 is 0 Å². The summed E-state index contributed by atoms with van der Waals surface area (Å²) in [5.41, 5.74) is 0. The van der Waals surface area contributed by atoms with E-state index in [9.17, 15) is 0 Å². The van der Waals surface area contributed by atoms with Crippen LogP contribution in [-0.2, 0) is 0 Å². The second-order valence-electron chi connectivity index (χ2n) is 4.09. The molecule has 2 saturated heterocycles. The zero-order chi connectivity index (χ0) is 11.4. The van der Waals surface area contributed by atoms with Crippen LogP contribution in [0.2, 0.25) is 0 Å². The predicted octanol–water partition coefficient (Wildman–Crippen LogP) is 3.13. The molecular weight excluding hydrogens is 276 g/mol. The van der Waals surface area contributed by atoms with Gasteiger partial charge in [-0.3, -0.25) is 0 Å². The number of hydrogen-bond acceptors (Lipinski definition) is 4. The van der Waals surface area contributed by atoms with Crippen molar-refractivity contribution in [3.05, 3.63) is 0 Å². The number of thiocarbonyl (C=S) groups is 2. The van der Waals surface area contributed by atoms with Crippen LogP contribution >= 0.6 is 46.0 Å². The van der Waals surface area contributed by atoms with Crippen molar-refractivity contribution in [3.8, 4) is 0 Å². The van der Waals surface area contributed by atoms with Crippen molar-refractivity contribution in [2.75, 3.05) is 26.2 Å². The Labute approximate surface area is 116 Å². The van der Waals surface area contributed by atoms with E-state index in [-0.39, 0.29) is 0 Å². The van der Waals surface area contributed by atoms with Gasteiger partial charge in [0.1, 0.15) is 8.64 Å². The first-order valence-corrected chi connectivity index (χ1v) is 8.66. The van der Waals surface area contributed by atoms with Crippen LogP contribution in [0.5, 0.6) is 0 Å². The van der Waals surface area contributed by atoms with Gasteiger partial charge in [0.25, 0.3) is 0 Å². The average Bonchev–Trinajstić information content (AvgIpc) is 2.95. The first-order valence-electron chi connectivity index (χ1n) is 5.70. The molecule has 90 valence electrons. The van der Waals surface area contributed by atoms with Gasteiger partial charge in [-0.25, -0.2) is 0 Å². The highest BCUT2D eigenvalue weighted by Crippen LogP contribution is 2.30. The van der Waals surface area contributed by atoms with Crippen molar-refractivity contribution in [2.45, 2.75) is 25.7 Å². The van der Waals surface area contributed by atoms with E-state index < -0.39 is 0 Å². The monoisotopic (exact) mass is 292 g/mol. The summed E-state index contributed by atoms with van der Waals surface area (Å²) in [4.78, 5) is 4.58. The third kappa shape index (κ3) is 3.48. The fourth-order valence-corrected chi connectivity index (χ4v) is 4.73. The highest BCUT2D eigenvalue weighted by atomic mass is 33.1. The fraction of sp³-hybridized carbons (Fsp3) is 0.800. The molecule has 6 heteroatoms. The summed E-state index contributed by atoms with van der Waals surface area (Å²) in [7, 11) is 3.32. The largest absolute Gasteiger partial charge is 0.357 e. The molecule has 0 aromatic heterocycles. The lowest BCUT2D eigenvalue weighted by Crippen LogP contribution is -2.25. The third-order valence-electron chi connectivity index (χ3n) is 2.91. The van der Waals surface area contributed by atoms with Crippen LogP contribution in [0.4, 0.5) is 0 Å². The van der Waals surface area contributed by atoms with E-state index in [1.165, 1.54) is 25.7 Å². The Kier molecular flexibility index (Phi) is 5.19. The van der Waals surface area contributed by atoms with Gasteiger partial charge in [-0.15, -0.1) is 0 Å². The van der Waals surface area contributed by atoms with Crippen LogP contribution in [-0.4, -0.2) is 44.6 Å². The molecule has 0 unspecified atom stereocenters. The van der Waals surface area contributed by atoms with Crippen LogP contribution < -0.4 is 0 Å². The Balaban J connectivity index is 1.69. The molecule has 0 spiro atoms. The van der Waals surface area contributed by atoms with Crippen molar-refractivity contribution in [1.82, 2.24) is 9.80 Å². The molecule has 0 aromatic rings. The van der Waals surface area contributed by atoms with Crippen LogP contribution in [0, 0.1) is 0 Å². The van der Waals surface area contributed by atoms with E-state index in [2.05, 4.69) is 9.80 Å². The SMILES string of the molecule is S=C(SSC(=S)N1CCCC1)N1CCCC1. The molecule has 0 amide bonds. The maximum absolute atomic E-state index is 5.40. The van der Waals surface area contributed by atoms with Gasteiger partial charge in [-0.1, -0.05) is 24.4 Å². The van der Waals surface area contributed by atoms with Gasteiger partial charge in [0.05, 0.1) is 0 Å². The highest BCUT2D eigenvalue weighted by Gasteiger charge is 2.19. The molecule has 2 fully saturated rings. The van der Waals surface area contributed by atoms with Crippen LogP contribution in [0.25, 0.3) is 0 Å². The molecule has 2 aliphatic rings. The van der Waals surface area contributed by atoms with E-state index in [1.807, 2.05) is 0 Å². The molecule has 0 aromatic carbocycles. The lowest BCUT2D eigenvalue weighted by atomic mass is 10.4. The minimum Gasteiger partial charge on any atom is -0.357 e. The molecule has 16 heavy (non-hydrogen) atoms. The fourth-order valence-electron chi connectivity index (χ4n) is 1.98. The lowest BCUT2D eigenvalue weighted by molar-refractivity contribution is 0.539. The first-order chi connectivity index (χ1) is 7.77. The molecule has 0 aliphatic carbocycles. The predicted molar refractivity (Wildman–Crippen MR) is 82.0 cm³/mol. The topological polar surface area (TPSA) is 6.48 Å². The second-order valence-corrected chi connectivity index (χ2v) is 7.48. The maximum atomic E-state index is 5.40. The summed E-state index contributed by atoms with van der Waals surface area (Å²) in [6.07, 6.45) is 5.12. The second kappa shape index (κ2) is 6.42. The molecule has 0 atom stereocenters. The van der Waals surface area contributed by atoms with Crippen LogP contribution in [0.15, 0.2) is 0 Å². The van der Waals surface area contributed by atoms with Crippen molar-refractivity contribution >= 4 is 54.7 Å². The van der Waals surface area contributed by atoms with Crippen molar-refractivity contribution < 1.29 is 0 Å². The molecule has 0 radical (unpaired) electrons. The number of likely N-dealkylation sites (tertiary alicyclic amines) is 2. The van der Waals surface area contributed by atoms with Gasteiger partial charge in [-0.05, 0) is 47.3 Å². The Morgan fingerprint density at radius 3 is 1.31 bits per heavy atom. The lowest BCUT2D eigenvalue weighted by Gasteiger charge is -2.20. The van der Waals surface area contributed by atoms with Gasteiger partial charge in [0.2, 0.25) is 0 Å². The van der Waals surface area contributed by atoms with Crippen molar-refractivity contribution in [3.63, 3.8) is 0 Å². The summed E-state index contributed by atoms with van der Waals surface area (Å²) in [6.45, 7) is 4.51. The standard InChI is InChI=1S/C10H16N2S4/c13-9(11-5-1-2-6-11)15-16-10(14)12-7-3-4-8-12/h1-8H2. The summed E-state index contributed by atoms with van der Waals surface area (Å²) < 4.78 is 2.01. The van der Waals surface area contributed by atoms with E-state index in [4.69, 9.17) is 24.4 Å². The zero-order valence-electron chi connectivity index (χ0n) is 9.18. The third-order valence-corrected chi connectivity index (χ3v) is 6.64. The average molecular weight is 293 g/mol. The molecule has 2 aliphatic heterocycles. The molecule has 0 N–H and O–H groups in total. The Bertz CT molecular complexity index is 242. The van der Waals surface area contributed by atoms with E-state index in [0.29, 0.717) is 0 Å². The van der Waals surface area contributed by atoms with E-state index >= 15 is 0 Å². The Morgan fingerprint density at radius 2 is 1.00 bits per heavy atom. The summed E-state index contributed by atoms with van der Waals surface area (Å²) in [5, 5.41) is 0. The smallest absolute Gasteiger partial charge is 0.147 e. The maximum Gasteiger partial charge on any atom is 0.147 e. The molecule has 2 nitrogen and oxygen atoms in total. The number of rotatable bonds is 0. The van der Waals surface area contributed by atoms with Gasteiger partial charge < -0.3 is 9.80 Å².